The molecule has 1 N–H and O–H groups in total. The summed E-state index contributed by atoms with van der Waals surface area (Å²) in [4.78, 5) is 11.2. The first kappa shape index (κ1) is 18.5. The van der Waals surface area contributed by atoms with Gasteiger partial charge in [-0.1, -0.05) is 17.8 Å². The lowest BCUT2D eigenvalue weighted by Gasteiger charge is -2.26. The van der Waals surface area contributed by atoms with E-state index in [2.05, 4.69) is 26.3 Å². The number of fused-ring (bicyclic) bond motifs is 2. The molecule has 1 fully saturated rings. The van der Waals surface area contributed by atoms with Gasteiger partial charge < -0.3 is 19.4 Å². The van der Waals surface area contributed by atoms with Crippen LogP contribution in [0.1, 0.15) is 24.8 Å². The van der Waals surface area contributed by atoms with Crippen molar-refractivity contribution in [1.82, 2.24) is 20.2 Å². The van der Waals surface area contributed by atoms with Crippen molar-refractivity contribution in [2.45, 2.75) is 25.8 Å². The highest BCUT2D eigenvalue weighted by Crippen LogP contribution is 2.32. The van der Waals surface area contributed by atoms with Crippen molar-refractivity contribution < 1.29 is 9.15 Å². The van der Waals surface area contributed by atoms with E-state index in [9.17, 15) is 0 Å². The maximum atomic E-state index is 5.93. The smallest absolute Gasteiger partial charge is 0.281 e. The molecule has 4 heterocycles. The van der Waals surface area contributed by atoms with Crippen molar-refractivity contribution in [1.29, 1.82) is 0 Å². The van der Waals surface area contributed by atoms with Gasteiger partial charge in [0.05, 0.1) is 11.0 Å². The molecule has 6 nitrogen and oxygen atoms in total. The predicted octanol–water partition coefficient (Wildman–Crippen LogP) is 4.81. The molecule has 1 aliphatic heterocycles. The molecule has 7 heteroatoms. The van der Waals surface area contributed by atoms with E-state index in [4.69, 9.17) is 9.15 Å². The van der Waals surface area contributed by atoms with Crippen LogP contribution in [0.3, 0.4) is 0 Å². The molecule has 29 heavy (non-hydrogen) atoms. The van der Waals surface area contributed by atoms with E-state index in [-0.39, 0.29) is 0 Å². The molecule has 0 unspecified atom stereocenters. The molecule has 1 aromatic carbocycles. The first-order chi connectivity index (χ1) is 14.3. The van der Waals surface area contributed by atoms with E-state index in [0.717, 1.165) is 41.1 Å². The summed E-state index contributed by atoms with van der Waals surface area (Å²) in [6.45, 7) is 5.41. The van der Waals surface area contributed by atoms with E-state index in [1.807, 2.05) is 30.5 Å². The fraction of sp³-hybridized carbons (Fsp3) is 0.364. The van der Waals surface area contributed by atoms with Crippen LogP contribution in [0, 0.1) is 0 Å². The van der Waals surface area contributed by atoms with Gasteiger partial charge in [0, 0.05) is 42.8 Å². The number of furan rings is 1. The zero-order valence-corrected chi connectivity index (χ0v) is 17.1. The van der Waals surface area contributed by atoms with Gasteiger partial charge in [0.15, 0.2) is 5.65 Å². The summed E-state index contributed by atoms with van der Waals surface area (Å²) >= 11 is 1.49. The number of hydrogen-bond acceptors (Lipinski definition) is 7. The van der Waals surface area contributed by atoms with Gasteiger partial charge >= 0.3 is 0 Å². The molecule has 0 saturated carbocycles. The van der Waals surface area contributed by atoms with Crippen molar-refractivity contribution in [3.05, 3.63) is 48.4 Å². The van der Waals surface area contributed by atoms with Gasteiger partial charge in [-0.15, -0.1) is 0 Å². The van der Waals surface area contributed by atoms with Gasteiger partial charge in [0.25, 0.3) is 5.19 Å². The second-order valence-electron chi connectivity index (χ2n) is 7.40. The van der Waals surface area contributed by atoms with Crippen LogP contribution in [0.4, 0.5) is 0 Å². The van der Waals surface area contributed by atoms with Crippen LogP contribution in [0.2, 0.25) is 0 Å². The third-order valence-electron chi connectivity index (χ3n) is 5.35. The average Bonchev–Trinajstić information content (AvgIpc) is 3.35. The Hall–Kier alpha value is -2.48. The SMILES string of the molecule is c1cnc2nc(Oc3ccc4c(CNCCN5CCCCC5)coc4c3)sc2c1. The molecule has 0 bridgehead atoms. The van der Waals surface area contributed by atoms with Crippen LogP contribution in [0.25, 0.3) is 21.3 Å². The minimum absolute atomic E-state index is 0.587. The fourth-order valence-electron chi connectivity index (χ4n) is 3.80. The molecule has 1 aliphatic rings. The number of hydrogen-bond donors (Lipinski definition) is 1. The fourth-order valence-corrected chi connectivity index (χ4v) is 4.60. The third-order valence-corrected chi connectivity index (χ3v) is 6.23. The minimum atomic E-state index is 0.587. The Balaban J connectivity index is 1.21. The number of nitrogens with one attached hydrogen (secondary N) is 1. The third kappa shape index (κ3) is 4.27. The van der Waals surface area contributed by atoms with E-state index in [1.54, 1.807) is 6.20 Å². The van der Waals surface area contributed by atoms with Crippen molar-refractivity contribution in [2.75, 3.05) is 26.2 Å². The molecule has 0 spiro atoms. The Bertz CT molecular complexity index is 1070. The molecule has 0 amide bonds. The molecule has 1 saturated heterocycles. The number of rotatable bonds is 7. The van der Waals surface area contributed by atoms with Crippen LogP contribution in [0.5, 0.6) is 10.9 Å². The molecule has 0 radical (unpaired) electrons. The van der Waals surface area contributed by atoms with Crippen molar-refractivity contribution >= 4 is 32.7 Å². The standard InChI is InChI=1S/C22H24N4O2S/c1-2-10-26(11-3-1)12-9-23-14-16-15-27-19-13-17(6-7-18(16)19)28-22-25-21-20(29-22)5-4-8-24-21/h4-8,13,15,23H,1-3,9-12,14H2. The quantitative estimate of drug-likeness (QED) is 0.443. The van der Waals surface area contributed by atoms with Gasteiger partial charge in [-0.25, -0.2) is 4.98 Å². The Labute approximate surface area is 173 Å². The number of piperidine rings is 1. The molecule has 150 valence electrons. The van der Waals surface area contributed by atoms with E-state index in [0.29, 0.717) is 10.8 Å². The number of benzene rings is 1. The molecular formula is C22H24N4O2S. The van der Waals surface area contributed by atoms with Crippen LogP contribution >= 0.6 is 11.3 Å². The monoisotopic (exact) mass is 408 g/mol. The van der Waals surface area contributed by atoms with Crippen LogP contribution in [-0.2, 0) is 6.54 Å². The maximum Gasteiger partial charge on any atom is 0.281 e. The summed E-state index contributed by atoms with van der Waals surface area (Å²) in [5, 5.41) is 5.25. The first-order valence-corrected chi connectivity index (χ1v) is 11.0. The van der Waals surface area contributed by atoms with Crippen molar-refractivity contribution in [3.63, 3.8) is 0 Å². The number of nitrogens with zero attached hydrogens (tertiary/aromatic N) is 3. The minimum Gasteiger partial charge on any atom is -0.464 e. The lowest BCUT2D eigenvalue weighted by Crippen LogP contribution is -2.35. The van der Waals surface area contributed by atoms with Crippen molar-refractivity contribution in [3.8, 4) is 10.9 Å². The highest BCUT2D eigenvalue weighted by molar-refractivity contribution is 7.20. The largest absolute Gasteiger partial charge is 0.464 e. The van der Waals surface area contributed by atoms with Gasteiger partial charge in [-0.3, -0.25) is 0 Å². The normalized spacial score (nSPS) is 15.3. The second-order valence-corrected chi connectivity index (χ2v) is 8.40. The summed E-state index contributed by atoms with van der Waals surface area (Å²) in [5.74, 6) is 0.718. The van der Waals surface area contributed by atoms with Gasteiger partial charge in [-0.05, 0) is 50.2 Å². The van der Waals surface area contributed by atoms with Gasteiger partial charge in [-0.2, -0.15) is 4.98 Å². The lowest BCUT2D eigenvalue weighted by molar-refractivity contribution is 0.229. The molecular weight excluding hydrogens is 384 g/mol. The Morgan fingerprint density at radius 2 is 2.10 bits per heavy atom. The molecule has 3 aromatic heterocycles. The summed E-state index contributed by atoms with van der Waals surface area (Å²) in [5.41, 5.74) is 2.72. The molecule has 0 atom stereocenters. The van der Waals surface area contributed by atoms with Gasteiger partial charge in [0.1, 0.15) is 11.3 Å². The van der Waals surface area contributed by atoms with E-state index < -0.39 is 0 Å². The number of thiazole rings is 1. The molecule has 0 aliphatic carbocycles. The second kappa shape index (κ2) is 8.49. The Morgan fingerprint density at radius 1 is 1.17 bits per heavy atom. The Kier molecular flexibility index (Phi) is 5.43. The Morgan fingerprint density at radius 3 is 3.00 bits per heavy atom. The number of aromatic nitrogens is 2. The van der Waals surface area contributed by atoms with Crippen molar-refractivity contribution in [2.24, 2.45) is 0 Å². The maximum absolute atomic E-state index is 5.93. The summed E-state index contributed by atoms with van der Waals surface area (Å²) in [6, 6.07) is 9.84. The zero-order chi connectivity index (χ0) is 19.5. The zero-order valence-electron chi connectivity index (χ0n) is 16.3. The summed E-state index contributed by atoms with van der Waals surface area (Å²) < 4.78 is 12.7. The predicted molar refractivity (Wildman–Crippen MR) is 116 cm³/mol. The first-order valence-electron chi connectivity index (χ1n) is 10.2. The van der Waals surface area contributed by atoms with Crippen LogP contribution < -0.4 is 10.1 Å². The number of likely N-dealkylation sites (tertiary alicyclic amines) is 1. The molecule has 4 aromatic rings. The van der Waals surface area contributed by atoms with E-state index >= 15 is 0 Å². The highest BCUT2D eigenvalue weighted by Gasteiger charge is 2.11. The molecule has 5 rings (SSSR count). The van der Waals surface area contributed by atoms with Crippen LogP contribution in [0.15, 0.2) is 47.2 Å². The number of ether oxygens (including phenoxy) is 1. The lowest BCUT2D eigenvalue weighted by atomic mass is 10.1. The topological polar surface area (TPSA) is 63.4 Å². The highest BCUT2D eigenvalue weighted by atomic mass is 32.1. The van der Waals surface area contributed by atoms with Gasteiger partial charge in [0.2, 0.25) is 0 Å². The number of pyridine rings is 1. The summed E-state index contributed by atoms with van der Waals surface area (Å²) in [6.07, 6.45) is 7.63. The average molecular weight is 409 g/mol. The van der Waals surface area contributed by atoms with E-state index in [1.165, 1.54) is 49.3 Å². The summed E-state index contributed by atoms with van der Waals surface area (Å²) in [7, 11) is 0. The van der Waals surface area contributed by atoms with Crippen LogP contribution in [-0.4, -0.2) is 41.0 Å².